The minimum Gasteiger partial charge on any atom is -0.365 e. The summed E-state index contributed by atoms with van der Waals surface area (Å²) in [7, 11) is 0. The zero-order valence-corrected chi connectivity index (χ0v) is 16.3. The van der Waals surface area contributed by atoms with Crippen LogP contribution in [0.2, 0.25) is 0 Å². The van der Waals surface area contributed by atoms with Gasteiger partial charge in [-0.3, -0.25) is 9.59 Å². The van der Waals surface area contributed by atoms with E-state index in [0.717, 1.165) is 51.5 Å². The van der Waals surface area contributed by atoms with E-state index in [0.29, 0.717) is 17.1 Å². The maximum atomic E-state index is 12.4. The van der Waals surface area contributed by atoms with Crippen LogP contribution in [0.15, 0.2) is 35.8 Å². The first-order valence-electron chi connectivity index (χ1n) is 10.1. The normalized spacial score (nSPS) is 20.0. The van der Waals surface area contributed by atoms with Gasteiger partial charge in [-0.2, -0.15) is 0 Å². The van der Waals surface area contributed by atoms with Crippen molar-refractivity contribution in [1.29, 1.82) is 0 Å². The monoisotopic (exact) mass is 382 g/mol. The number of hydrogen-bond donors (Lipinski definition) is 0. The van der Waals surface area contributed by atoms with E-state index >= 15 is 0 Å². The zero-order valence-electron chi connectivity index (χ0n) is 16.3. The molecule has 28 heavy (non-hydrogen) atoms. The summed E-state index contributed by atoms with van der Waals surface area (Å²) in [4.78, 5) is 42.3. The van der Waals surface area contributed by atoms with Crippen molar-refractivity contribution < 1.29 is 9.59 Å². The largest absolute Gasteiger partial charge is 0.365 e. The molecule has 5 rings (SSSR count). The number of ketones is 2. The van der Waals surface area contributed by atoms with E-state index in [1.54, 1.807) is 12.7 Å². The lowest BCUT2D eigenvalue weighted by Crippen LogP contribution is -2.29. The Morgan fingerprint density at radius 3 is 2.04 bits per heavy atom. The second kappa shape index (κ2) is 8.08. The third-order valence-electron chi connectivity index (χ3n) is 5.04. The molecular weight excluding hydrogens is 356 g/mol. The molecule has 148 valence electrons. The molecule has 0 saturated carbocycles. The van der Waals surface area contributed by atoms with Gasteiger partial charge < -0.3 is 14.7 Å². The lowest BCUT2D eigenvalue weighted by Gasteiger charge is -2.21. The molecule has 0 unspecified atom stereocenters. The summed E-state index contributed by atoms with van der Waals surface area (Å²) in [5, 5.41) is 0. The molecule has 1 aromatic rings. The fourth-order valence-corrected chi connectivity index (χ4v) is 3.20. The fraction of sp³-hybridized carbons (Fsp3) is 0.550. The Hall–Kier alpha value is -2.77. The van der Waals surface area contributed by atoms with Crippen molar-refractivity contribution in [3.63, 3.8) is 0 Å². The number of aryl methyl sites for hydroxylation is 1. The molecule has 0 bridgehead atoms. The van der Waals surface area contributed by atoms with Gasteiger partial charge >= 0.3 is 0 Å². The standard InChI is InChI=1S/C12H13N3O2.C8H13N3/c16-9-7-8(13-1-2-13)12(17)11(15-5-6-15)10(9)14-3-4-14;1-2-3-4-5-8-10-6-9-7-11-8/h7H,1-6H2;6-7H,2-5H2,1H3. The SMILES string of the molecule is CCCCCc1ncncn1.O=C1C=C(N2CC2)C(=O)C(N2CC2)=C1N1CC1. The number of unbranched alkanes of at least 4 members (excludes halogenated alkanes) is 2. The van der Waals surface area contributed by atoms with Crippen LogP contribution in [0.25, 0.3) is 0 Å². The second-order valence-corrected chi connectivity index (χ2v) is 7.39. The number of Topliss-reactive ketones (excluding diaryl/α,β-unsaturated/α-hetero) is 1. The van der Waals surface area contributed by atoms with Crippen LogP contribution in [0.4, 0.5) is 0 Å². The van der Waals surface area contributed by atoms with Crippen molar-refractivity contribution in [2.75, 3.05) is 39.3 Å². The molecule has 0 radical (unpaired) electrons. The third-order valence-corrected chi connectivity index (χ3v) is 5.04. The summed E-state index contributed by atoms with van der Waals surface area (Å²) >= 11 is 0. The van der Waals surface area contributed by atoms with E-state index in [4.69, 9.17) is 0 Å². The molecule has 0 atom stereocenters. The van der Waals surface area contributed by atoms with Crippen LogP contribution in [-0.4, -0.2) is 80.5 Å². The summed E-state index contributed by atoms with van der Waals surface area (Å²) in [5.74, 6) is 0.959. The van der Waals surface area contributed by atoms with Gasteiger partial charge in [-0.25, -0.2) is 15.0 Å². The van der Waals surface area contributed by atoms with Gasteiger partial charge in [0.25, 0.3) is 0 Å². The van der Waals surface area contributed by atoms with Gasteiger partial charge in [0.1, 0.15) is 29.9 Å². The Kier molecular flexibility index (Phi) is 5.36. The average Bonchev–Trinajstić information content (AvgIpc) is 3.57. The van der Waals surface area contributed by atoms with E-state index < -0.39 is 0 Å². The summed E-state index contributed by atoms with van der Waals surface area (Å²) in [6.07, 6.45) is 9.28. The average molecular weight is 382 g/mol. The lowest BCUT2D eigenvalue weighted by molar-refractivity contribution is -0.117. The van der Waals surface area contributed by atoms with Crippen LogP contribution in [0.3, 0.4) is 0 Å². The van der Waals surface area contributed by atoms with Gasteiger partial charge in [-0.15, -0.1) is 0 Å². The van der Waals surface area contributed by atoms with Gasteiger partial charge in [0.2, 0.25) is 11.6 Å². The summed E-state index contributed by atoms with van der Waals surface area (Å²) < 4.78 is 0. The van der Waals surface area contributed by atoms with Gasteiger partial charge in [-0.05, 0) is 6.42 Å². The quantitative estimate of drug-likeness (QED) is 0.389. The fourth-order valence-electron chi connectivity index (χ4n) is 3.20. The van der Waals surface area contributed by atoms with Crippen molar-refractivity contribution in [2.45, 2.75) is 32.6 Å². The number of hydrogen-bond acceptors (Lipinski definition) is 8. The number of aromatic nitrogens is 3. The van der Waals surface area contributed by atoms with Crippen molar-refractivity contribution in [3.05, 3.63) is 41.6 Å². The predicted molar refractivity (Wildman–Crippen MR) is 103 cm³/mol. The Morgan fingerprint density at radius 2 is 1.46 bits per heavy atom. The molecular formula is C20H26N6O2. The van der Waals surface area contributed by atoms with E-state index in [1.165, 1.54) is 25.3 Å². The Balaban J connectivity index is 0.000000153. The lowest BCUT2D eigenvalue weighted by atomic mass is 10.0. The van der Waals surface area contributed by atoms with Crippen molar-refractivity contribution in [3.8, 4) is 0 Å². The Labute approximate surface area is 165 Å². The van der Waals surface area contributed by atoms with Crippen molar-refractivity contribution >= 4 is 11.6 Å². The minimum atomic E-state index is 0.00546. The maximum absolute atomic E-state index is 12.4. The smallest absolute Gasteiger partial charge is 0.227 e. The van der Waals surface area contributed by atoms with Crippen LogP contribution in [0, 0.1) is 0 Å². The van der Waals surface area contributed by atoms with Crippen molar-refractivity contribution in [1.82, 2.24) is 29.7 Å². The first-order valence-corrected chi connectivity index (χ1v) is 10.1. The molecule has 0 spiro atoms. The molecule has 3 aliphatic heterocycles. The molecule has 1 aromatic heterocycles. The summed E-state index contributed by atoms with van der Waals surface area (Å²) in [6.45, 7) is 7.59. The first kappa shape index (κ1) is 18.6. The molecule has 3 saturated heterocycles. The highest BCUT2D eigenvalue weighted by molar-refractivity contribution is 6.22. The van der Waals surface area contributed by atoms with E-state index in [2.05, 4.69) is 21.9 Å². The molecule has 0 aromatic carbocycles. The Bertz CT molecular complexity index is 807. The molecule has 0 amide bonds. The van der Waals surface area contributed by atoms with Gasteiger partial charge in [0, 0.05) is 51.8 Å². The van der Waals surface area contributed by atoms with E-state index in [9.17, 15) is 9.59 Å². The number of carbonyl (C=O) groups is 2. The topological polar surface area (TPSA) is 81.8 Å². The summed E-state index contributed by atoms with van der Waals surface area (Å²) in [5.41, 5.74) is 1.89. The van der Waals surface area contributed by atoms with E-state index in [-0.39, 0.29) is 11.6 Å². The predicted octanol–water partition coefficient (Wildman–Crippen LogP) is 0.785. The van der Waals surface area contributed by atoms with Crippen LogP contribution in [0.5, 0.6) is 0 Å². The zero-order chi connectivity index (χ0) is 19.5. The first-order chi connectivity index (χ1) is 13.7. The van der Waals surface area contributed by atoms with Crippen LogP contribution < -0.4 is 0 Å². The maximum Gasteiger partial charge on any atom is 0.227 e. The number of carbonyl (C=O) groups excluding carboxylic acids is 2. The van der Waals surface area contributed by atoms with Crippen molar-refractivity contribution in [2.24, 2.45) is 0 Å². The number of nitrogens with zero attached hydrogens (tertiary/aromatic N) is 6. The minimum absolute atomic E-state index is 0.00546. The molecule has 0 N–H and O–H groups in total. The third kappa shape index (κ3) is 4.37. The molecule has 3 fully saturated rings. The van der Waals surface area contributed by atoms with Gasteiger partial charge in [0.05, 0.1) is 5.70 Å². The highest BCUT2D eigenvalue weighted by Crippen LogP contribution is 2.33. The van der Waals surface area contributed by atoms with Crippen LogP contribution in [0.1, 0.15) is 32.0 Å². The second-order valence-electron chi connectivity index (χ2n) is 7.39. The molecule has 4 heterocycles. The molecule has 8 heteroatoms. The highest BCUT2D eigenvalue weighted by atomic mass is 16.1. The molecule has 1 aliphatic carbocycles. The number of allylic oxidation sites excluding steroid dienone is 1. The number of rotatable bonds is 7. The van der Waals surface area contributed by atoms with Gasteiger partial charge in [-0.1, -0.05) is 19.8 Å². The molecule has 8 nitrogen and oxygen atoms in total. The Morgan fingerprint density at radius 1 is 0.857 bits per heavy atom. The van der Waals surface area contributed by atoms with Crippen LogP contribution in [-0.2, 0) is 16.0 Å². The van der Waals surface area contributed by atoms with Gasteiger partial charge in [0.15, 0.2) is 0 Å². The molecule has 4 aliphatic rings. The highest BCUT2D eigenvalue weighted by Gasteiger charge is 2.43. The summed E-state index contributed by atoms with van der Waals surface area (Å²) in [6, 6.07) is 0. The van der Waals surface area contributed by atoms with Crippen LogP contribution >= 0.6 is 0 Å². The van der Waals surface area contributed by atoms with E-state index in [1.807, 2.05) is 14.7 Å².